The maximum atomic E-state index is 11.7. The molecule has 0 fully saturated rings. The van der Waals surface area contributed by atoms with Crippen molar-refractivity contribution in [1.29, 1.82) is 0 Å². The van der Waals surface area contributed by atoms with Crippen LogP contribution in [0.25, 0.3) is 0 Å². The number of halogens is 1. The van der Waals surface area contributed by atoms with E-state index >= 15 is 0 Å². The summed E-state index contributed by atoms with van der Waals surface area (Å²) in [6.07, 6.45) is 1.47. The van der Waals surface area contributed by atoms with Gasteiger partial charge in [-0.05, 0) is 35.9 Å². The molecule has 3 N–H and O–H groups in total. The van der Waals surface area contributed by atoms with Crippen molar-refractivity contribution in [3.63, 3.8) is 0 Å². The number of hydrogen-bond acceptors (Lipinski definition) is 4. The van der Waals surface area contributed by atoms with Gasteiger partial charge in [0.1, 0.15) is 11.5 Å². The van der Waals surface area contributed by atoms with Crippen molar-refractivity contribution in [2.24, 2.45) is 5.10 Å². The van der Waals surface area contributed by atoms with Crippen LogP contribution in [0.5, 0.6) is 11.5 Å². The Bertz CT molecular complexity index is 686. The van der Waals surface area contributed by atoms with Gasteiger partial charge in [-0.1, -0.05) is 28.1 Å². The lowest BCUT2D eigenvalue weighted by Gasteiger charge is -2.02. The van der Waals surface area contributed by atoms with Crippen LogP contribution in [-0.2, 0) is 11.2 Å². The van der Waals surface area contributed by atoms with Gasteiger partial charge in [-0.2, -0.15) is 5.10 Å². The monoisotopic (exact) mass is 348 g/mol. The zero-order chi connectivity index (χ0) is 15.2. The number of carbonyl (C=O) groups is 1. The van der Waals surface area contributed by atoms with E-state index in [1.165, 1.54) is 24.4 Å². The number of benzene rings is 2. The number of hydrogen-bond donors (Lipinski definition) is 3. The summed E-state index contributed by atoms with van der Waals surface area (Å²) in [6.45, 7) is 0. The SMILES string of the molecule is O=C(Cc1cccc(O)c1)NN=Cc1ccc(Br)cc1O. The molecule has 1 amide bonds. The Morgan fingerprint density at radius 1 is 1.24 bits per heavy atom. The van der Waals surface area contributed by atoms with Crippen molar-refractivity contribution >= 4 is 28.1 Å². The van der Waals surface area contributed by atoms with E-state index in [1.54, 1.807) is 24.3 Å². The van der Waals surface area contributed by atoms with Crippen molar-refractivity contribution in [3.8, 4) is 11.5 Å². The molecular formula is C15H13BrN2O3. The standard InChI is InChI=1S/C15H13BrN2O3/c16-12-5-4-11(14(20)8-12)9-17-18-15(21)7-10-2-1-3-13(19)6-10/h1-6,8-9,19-20H,7H2,(H,18,21). The highest BCUT2D eigenvalue weighted by Crippen LogP contribution is 2.20. The molecule has 0 aliphatic rings. The Labute approximate surface area is 130 Å². The van der Waals surface area contributed by atoms with Crippen LogP contribution in [0.3, 0.4) is 0 Å². The molecule has 2 rings (SSSR count). The molecule has 0 heterocycles. The van der Waals surface area contributed by atoms with Crippen LogP contribution in [0.2, 0.25) is 0 Å². The van der Waals surface area contributed by atoms with Gasteiger partial charge >= 0.3 is 0 Å². The molecule has 0 atom stereocenters. The third kappa shape index (κ3) is 4.61. The largest absolute Gasteiger partial charge is 0.508 e. The first-order chi connectivity index (χ1) is 10.0. The summed E-state index contributed by atoms with van der Waals surface area (Å²) < 4.78 is 0.755. The highest BCUT2D eigenvalue weighted by Gasteiger charge is 2.03. The van der Waals surface area contributed by atoms with Crippen LogP contribution < -0.4 is 5.43 Å². The Morgan fingerprint density at radius 3 is 2.76 bits per heavy atom. The van der Waals surface area contributed by atoms with E-state index in [0.29, 0.717) is 11.1 Å². The van der Waals surface area contributed by atoms with Crippen molar-refractivity contribution < 1.29 is 15.0 Å². The summed E-state index contributed by atoms with van der Waals surface area (Å²) in [5.74, 6) is -0.132. The normalized spacial score (nSPS) is 10.7. The van der Waals surface area contributed by atoms with E-state index in [2.05, 4.69) is 26.5 Å². The van der Waals surface area contributed by atoms with E-state index < -0.39 is 0 Å². The molecule has 0 bridgehead atoms. The summed E-state index contributed by atoms with van der Waals surface area (Å²) in [5, 5.41) is 22.8. The fraction of sp³-hybridized carbons (Fsp3) is 0.0667. The molecule has 0 aliphatic heterocycles. The maximum absolute atomic E-state index is 11.7. The van der Waals surface area contributed by atoms with Crippen molar-refractivity contribution in [2.45, 2.75) is 6.42 Å². The average molecular weight is 349 g/mol. The molecule has 0 aromatic heterocycles. The fourth-order valence-electron chi connectivity index (χ4n) is 1.69. The van der Waals surface area contributed by atoms with Crippen LogP contribution in [-0.4, -0.2) is 22.3 Å². The third-order valence-electron chi connectivity index (χ3n) is 2.66. The van der Waals surface area contributed by atoms with Crippen molar-refractivity contribution in [1.82, 2.24) is 5.43 Å². The molecular weight excluding hydrogens is 336 g/mol. The molecule has 0 unspecified atom stereocenters. The van der Waals surface area contributed by atoms with Gasteiger partial charge < -0.3 is 10.2 Å². The lowest BCUT2D eigenvalue weighted by molar-refractivity contribution is -0.120. The number of nitrogens with one attached hydrogen (secondary N) is 1. The summed E-state index contributed by atoms with van der Waals surface area (Å²) in [7, 11) is 0. The maximum Gasteiger partial charge on any atom is 0.244 e. The minimum Gasteiger partial charge on any atom is -0.508 e. The van der Waals surface area contributed by atoms with Gasteiger partial charge in [0, 0.05) is 10.0 Å². The Hall–Kier alpha value is -2.34. The van der Waals surface area contributed by atoms with Crippen LogP contribution >= 0.6 is 15.9 Å². The molecule has 2 aromatic rings. The van der Waals surface area contributed by atoms with Gasteiger partial charge in [0.05, 0.1) is 12.6 Å². The smallest absolute Gasteiger partial charge is 0.244 e. The van der Waals surface area contributed by atoms with Crippen molar-refractivity contribution in [3.05, 3.63) is 58.1 Å². The number of amides is 1. The minimum absolute atomic E-state index is 0.0651. The molecule has 108 valence electrons. The molecule has 6 heteroatoms. The van der Waals surface area contributed by atoms with E-state index in [1.807, 2.05) is 0 Å². The van der Waals surface area contributed by atoms with Gasteiger partial charge in [0.15, 0.2) is 0 Å². The average Bonchev–Trinajstić information content (AvgIpc) is 2.41. The zero-order valence-corrected chi connectivity index (χ0v) is 12.5. The molecule has 0 radical (unpaired) electrons. The van der Waals surface area contributed by atoms with Gasteiger partial charge in [-0.15, -0.1) is 0 Å². The number of nitrogens with zero attached hydrogens (tertiary/aromatic N) is 1. The highest BCUT2D eigenvalue weighted by atomic mass is 79.9. The summed E-state index contributed by atoms with van der Waals surface area (Å²) in [6, 6.07) is 11.4. The second kappa shape index (κ2) is 6.90. The Balaban J connectivity index is 1.93. The lowest BCUT2D eigenvalue weighted by atomic mass is 10.1. The summed E-state index contributed by atoms with van der Waals surface area (Å²) >= 11 is 3.24. The minimum atomic E-state index is -0.312. The van der Waals surface area contributed by atoms with Crippen molar-refractivity contribution in [2.75, 3.05) is 0 Å². The van der Waals surface area contributed by atoms with Gasteiger partial charge in [-0.25, -0.2) is 5.43 Å². The Kier molecular flexibility index (Phi) is 4.94. The highest BCUT2D eigenvalue weighted by molar-refractivity contribution is 9.10. The topological polar surface area (TPSA) is 81.9 Å². The van der Waals surface area contributed by atoms with Crippen LogP contribution in [0, 0.1) is 0 Å². The molecule has 0 aliphatic carbocycles. The molecule has 0 spiro atoms. The summed E-state index contributed by atoms with van der Waals surface area (Å²) in [4.78, 5) is 11.7. The fourth-order valence-corrected chi connectivity index (χ4v) is 2.04. The first kappa shape index (κ1) is 15.1. The second-order valence-corrected chi connectivity index (χ2v) is 5.26. The Morgan fingerprint density at radius 2 is 2.05 bits per heavy atom. The lowest BCUT2D eigenvalue weighted by Crippen LogP contribution is -2.19. The first-order valence-electron chi connectivity index (χ1n) is 6.13. The van der Waals surface area contributed by atoms with Gasteiger partial charge in [0.25, 0.3) is 0 Å². The van der Waals surface area contributed by atoms with E-state index in [0.717, 1.165) is 4.47 Å². The first-order valence-corrected chi connectivity index (χ1v) is 6.92. The van der Waals surface area contributed by atoms with E-state index in [-0.39, 0.29) is 23.8 Å². The van der Waals surface area contributed by atoms with Crippen LogP contribution in [0.4, 0.5) is 0 Å². The predicted molar refractivity (Wildman–Crippen MR) is 83.4 cm³/mol. The number of phenols is 2. The number of phenolic OH excluding ortho intramolecular Hbond substituents is 2. The predicted octanol–water partition coefficient (Wildman–Crippen LogP) is 2.55. The number of rotatable bonds is 4. The second-order valence-electron chi connectivity index (χ2n) is 4.34. The van der Waals surface area contributed by atoms with Crippen LogP contribution in [0.1, 0.15) is 11.1 Å². The molecule has 21 heavy (non-hydrogen) atoms. The van der Waals surface area contributed by atoms with Gasteiger partial charge in [-0.3, -0.25) is 4.79 Å². The van der Waals surface area contributed by atoms with E-state index in [9.17, 15) is 15.0 Å². The van der Waals surface area contributed by atoms with Gasteiger partial charge in [0.2, 0.25) is 5.91 Å². The number of carbonyl (C=O) groups excluding carboxylic acids is 1. The molecule has 0 saturated carbocycles. The molecule has 0 saturated heterocycles. The number of hydrazone groups is 1. The summed E-state index contributed by atoms with van der Waals surface area (Å²) in [5.41, 5.74) is 3.55. The molecule has 2 aromatic carbocycles. The third-order valence-corrected chi connectivity index (χ3v) is 3.15. The van der Waals surface area contributed by atoms with Crippen LogP contribution in [0.15, 0.2) is 52.0 Å². The quantitative estimate of drug-likeness (QED) is 0.586. The van der Waals surface area contributed by atoms with E-state index in [4.69, 9.17) is 0 Å². The molecule has 5 nitrogen and oxygen atoms in total. The zero-order valence-electron chi connectivity index (χ0n) is 11.0. The number of aromatic hydroxyl groups is 2.